The van der Waals surface area contributed by atoms with Gasteiger partial charge in [0.2, 0.25) is 0 Å². The molecule has 1 aromatic rings. The molecule has 0 amide bonds. The van der Waals surface area contributed by atoms with Crippen LogP contribution in [0.25, 0.3) is 0 Å². The third-order valence-electron chi connectivity index (χ3n) is 4.24. The van der Waals surface area contributed by atoms with Gasteiger partial charge in [0.25, 0.3) is 0 Å². The molecule has 1 aromatic carbocycles. The predicted molar refractivity (Wildman–Crippen MR) is 77.1 cm³/mol. The fraction of sp³-hybridized carbons (Fsp3) is 0.529. The molecule has 0 aliphatic heterocycles. The van der Waals surface area contributed by atoms with E-state index in [1.807, 2.05) is 18.2 Å². The fourth-order valence-electron chi connectivity index (χ4n) is 2.68. The van der Waals surface area contributed by atoms with E-state index in [0.29, 0.717) is 0 Å². The molecule has 0 radical (unpaired) electrons. The summed E-state index contributed by atoms with van der Waals surface area (Å²) in [5.41, 5.74) is 7.39. The van der Waals surface area contributed by atoms with Crippen molar-refractivity contribution in [3.05, 3.63) is 35.9 Å². The highest BCUT2D eigenvalue weighted by atomic mass is 14.6. The average molecular weight is 241 g/mol. The molecule has 0 unspecified atom stereocenters. The van der Waals surface area contributed by atoms with Gasteiger partial charge in [-0.2, -0.15) is 0 Å². The average Bonchev–Trinajstić information content (AvgIpc) is 2.43. The van der Waals surface area contributed by atoms with Crippen molar-refractivity contribution < 1.29 is 0 Å². The summed E-state index contributed by atoms with van der Waals surface area (Å²) in [7, 11) is 0. The van der Waals surface area contributed by atoms with Gasteiger partial charge >= 0.3 is 0 Å². The van der Waals surface area contributed by atoms with Crippen LogP contribution in [-0.2, 0) is 0 Å². The topological polar surface area (TPSA) is 26.0 Å². The lowest BCUT2D eigenvalue weighted by Crippen LogP contribution is -2.34. The van der Waals surface area contributed by atoms with Crippen molar-refractivity contribution in [3.8, 4) is 11.8 Å². The van der Waals surface area contributed by atoms with Crippen molar-refractivity contribution in [1.29, 1.82) is 0 Å². The molecular formula is C17H23N. The van der Waals surface area contributed by atoms with Gasteiger partial charge in [-0.1, -0.05) is 49.8 Å². The van der Waals surface area contributed by atoms with E-state index >= 15 is 0 Å². The van der Waals surface area contributed by atoms with E-state index in [2.05, 4.69) is 30.9 Å². The smallest absolute Gasteiger partial charge is 0.0245 e. The molecule has 1 saturated carbocycles. The first-order valence-corrected chi connectivity index (χ1v) is 6.98. The second kappa shape index (κ2) is 6.07. The Hall–Kier alpha value is -1.26. The van der Waals surface area contributed by atoms with Crippen LogP contribution < -0.4 is 5.73 Å². The third-order valence-corrected chi connectivity index (χ3v) is 4.24. The standard InChI is InChI=1S/C17H23N/c1-15-9-12-17(14-18,13-10-15)11-5-8-16-6-3-2-4-7-16/h2-4,6-7,15H,9-14,18H2,1H3. The molecule has 0 spiro atoms. The molecule has 0 heterocycles. The van der Waals surface area contributed by atoms with Crippen LogP contribution in [0.3, 0.4) is 0 Å². The Morgan fingerprint density at radius 2 is 1.89 bits per heavy atom. The van der Waals surface area contributed by atoms with E-state index in [9.17, 15) is 0 Å². The number of rotatable bonds is 2. The van der Waals surface area contributed by atoms with Crippen molar-refractivity contribution in [3.63, 3.8) is 0 Å². The quantitative estimate of drug-likeness (QED) is 0.787. The molecule has 2 rings (SSSR count). The van der Waals surface area contributed by atoms with Crippen LogP contribution in [-0.4, -0.2) is 6.54 Å². The molecule has 96 valence electrons. The molecule has 1 aliphatic rings. The van der Waals surface area contributed by atoms with Crippen molar-refractivity contribution in [2.24, 2.45) is 17.1 Å². The summed E-state index contributed by atoms with van der Waals surface area (Å²) >= 11 is 0. The summed E-state index contributed by atoms with van der Waals surface area (Å²) in [5, 5.41) is 0. The van der Waals surface area contributed by atoms with Gasteiger partial charge < -0.3 is 5.73 Å². The van der Waals surface area contributed by atoms with E-state index in [1.54, 1.807) is 0 Å². The summed E-state index contributed by atoms with van der Waals surface area (Å²) in [5.74, 6) is 7.47. The predicted octanol–water partition coefficient (Wildman–Crippen LogP) is 3.58. The number of hydrogen-bond acceptors (Lipinski definition) is 1. The zero-order valence-corrected chi connectivity index (χ0v) is 11.3. The lowest BCUT2D eigenvalue weighted by molar-refractivity contribution is 0.169. The number of benzene rings is 1. The van der Waals surface area contributed by atoms with Gasteiger partial charge in [0.15, 0.2) is 0 Å². The Morgan fingerprint density at radius 3 is 2.50 bits per heavy atom. The molecular weight excluding hydrogens is 218 g/mol. The van der Waals surface area contributed by atoms with E-state index in [4.69, 9.17) is 5.73 Å². The van der Waals surface area contributed by atoms with E-state index in [0.717, 1.165) is 24.4 Å². The molecule has 0 saturated heterocycles. The highest BCUT2D eigenvalue weighted by Crippen LogP contribution is 2.40. The van der Waals surface area contributed by atoms with Crippen molar-refractivity contribution in [2.75, 3.05) is 6.54 Å². The molecule has 18 heavy (non-hydrogen) atoms. The Morgan fingerprint density at radius 1 is 1.22 bits per heavy atom. The minimum absolute atomic E-state index is 0.286. The Balaban J connectivity index is 1.98. The highest BCUT2D eigenvalue weighted by molar-refractivity contribution is 5.33. The molecule has 1 fully saturated rings. The molecule has 1 nitrogen and oxygen atoms in total. The Kier molecular flexibility index (Phi) is 4.44. The maximum Gasteiger partial charge on any atom is 0.0245 e. The molecule has 0 bridgehead atoms. The van der Waals surface area contributed by atoms with Gasteiger partial charge in [-0.05, 0) is 42.9 Å². The normalized spacial score (nSPS) is 27.3. The minimum atomic E-state index is 0.286. The zero-order chi connectivity index (χ0) is 12.8. The van der Waals surface area contributed by atoms with Gasteiger partial charge in [0, 0.05) is 12.0 Å². The summed E-state index contributed by atoms with van der Waals surface area (Å²) in [6, 6.07) is 10.2. The SMILES string of the molecule is CC1CCC(CN)(CC#Cc2ccccc2)CC1. The fourth-order valence-corrected chi connectivity index (χ4v) is 2.68. The molecule has 0 aromatic heterocycles. The first-order chi connectivity index (χ1) is 8.74. The summed E-state index contributed by atoms with van der Waals surface area (Å²) < 4.78 is 0. The first-order valence-electron chi connectivity index (χ1n) is 6.98. The molecule has 0 atom stereocenters. The number of nitrogens with two attached hydrogens (primary N) is 1. The van der Waals surface area contributed by atoms with Crippen LogP contribution in [0.1, 0.15) is 44.6 Å². The van der Waals surface area contributed by atoms with Crippen molar-refractivity contribution in [1.82, 2.24) is 0 Å². The molecule has 2 N–H and O–H groups in total. The Bertz CT molecular complexity index is 416. The number of hydrogen-bond donors (Lipinski definition) is 1. The van der Waals surface area contributed by atoms with Crippen LogP contribution in [0.5, 0.6) is 0 Å². The molecule has 1 aliphatic carbocycles. The van der Waals surface area contributed by atoms with Gasteiger partial charge in [-0.3, -0.25) is 0 Å². The zero-order valence-electron chi connectivity index (χ0n) is 11.3. The monoisotopic (exact) mass is 241 g/mol. The van der Waals surface area contributed by atoms with Crippen LogP contribution in [0.2, 0.25) is 0 Å². The van der Waals surface area contributed by atoms with Gasteiger partial charge in [0.1, 0.15) is 0 Å². The van der Waals surface area contributed by atoms with Crippen LogP contribution in [0.15, 0.2) is 30.3 Å². The van der Waals surface area contributed by atoms with Gasteiger partial charge in [-0.15, -0.1) is 0 Å². The maximum absolute atomic E-state index is 6.00. The van der Waals surface area contributed by atoms with Crippen LogP contribution in [0, 0.1) is 23.2 Å². The van der Waals surface area contributed by atoms with Crippen LogP contribution >= 0.6 is 0 Å². The lowest BCUT2D eigenvalue weighted by Gasteiger charge is -2.37. The van der Waals surface area contributed by atoms with E-state index in [1.165, 1.54) is 25.7 Å². The second-order valence-electron chi connectivity index (χ2n) is 5.73. The van der Waals surface area contributed by atoms with Crippen molar-refractivity contribution in [2.45, 2.75) is 39.0 Å². The highest BCUT2D eigenvalue weighted by Gasteiger charge is 2.31. The largest absolute Gasteiger partial charge is 0.330 e. The summed E-state index contributed by atoms with van der Waals surface area (Å²) in [6.45, 7) is 3.12. The second-order valence-corrected chi connectivity index (χ2v) is 5.73. The first kappa shape index (κ1) is 13.2. The van der Waals surface area contributed by atoms with Crippen molar-refractivity contribution >= 4 is 0 Å². The molecule has 1 heteroatoms. The van der Waals surface area contributed by atoms with E-state index < -0.39 is 0 Å². The third kappa shape index (κ3) is 3.37. The van der Waals surface area contributed by atoms with Gasteiger partial charge in [0.05, 0.1) is 0 Å². The maximum atomic E-state index is 6.00. The summed E-state index contributed by atoms with van der Waals surface area (Å²) in [6.07, 6.45) is 6.06. The lowest BCUT2D eigenvalue weighted by atomic mass is 9.69. The van der Waals surface area contributed by atoms with Crippen LogP contribution in [0.4, 0.5) is 0 Å². The van der Waals surface area contributed by atoms with E-state index in [-0.39, 0.29) is 5.41 Å². The van der Waals surface area contributed by atoms with Gasteiger partial charge in [-0.25, -0.2) is 0 Å². The minimum Gasteiger partial charge on any atom is -0.330 e. The Labute approximate surface area is 111 Å². The summed E-state index contributed by atoms with van der Waals surface area (Å²) in [4.78, 5) is 0.